The SMILES string of the molecule is O=C(NCc1cn[nH]c1)c1ccc(C#CCO)s1. The monoisotopic (exact) mass is 261 g/mol. The number of aliphatic hydroxyl groups is 1. The average molecular weight is 261 g/mol. The van der Waals surface area contributed by atoms with Gasteiger partial charge in [-0.1, -0.05) is 11.8 Å². The minimum atomic E-state index is -0.181. The minimum absolute atomic E-state index is 0.141. The zero-order chi connectivity index (χ0) is 12.8. The Balaban J connectivity index is 1.94. The van der Waals surface area contributed by atoms with E-state index in [4.69, 9.17) is 5.11 Å². The van der Waals surface area contributed by atoms with Crippen LogP contribution in [0.2, 0.25) is 0 Å². The van der Waals surface area contributed by atoms with Crippen LogP contribution in [0.3, 0.4) is 0 Å². The van der Waals surface area contributed by atoms with Gasteiger partial charge in [-0.05, 0) is 12.1 Å². The first-order valence-corrected chi connectivity index (χ1v) is 6.06. The van der Waals surface area contributed by atoms with Gasteiger partial charge in [-0.15, -0.1) is 11.3 Å². The fourth-order valence-corrected chi connectivity index (χ4v) is 2.09. The van der Waals surface area contributed by atoms with Gasteiger partial charge in [0.1, 0.15) is 6.61 Å². The lowest BCUT2D eigenvalue weighted by atomic mass is 10.3. The van der Waals surface area contributed by atoms with Crippen LogP contribution in [-0.2, 0) is 6.54 Å². The smallest absolute Gasteiger partial charge is 0.261 e. The fraction of sp³-hybridized carbons (Fsp3) is 0.167. The molecule has 2 aromatic rings. The van der Waals surface area contributed by atoms with Crippen molar-refractivity contribution in [3.63, 3.8) is 0 Å². The van der Waals surface area contributed by atoms with Gasteiger partial charge in [0.25, 0.3) is 5.91 Å². The van der Waals surface area contributed by atoms with Crippen molar-refractivity contribution in [3.05, 3.63) is 39.8 Å². The molecule has 2 aromatic heterocycles. The van der Waals surface area contributed by atoms with Gasteiger partial charge in [-0.3, -0.25) is 9.89 Å². The van der Waals surface area contributed by atoms with Gasteiger partial charge in [-0.2, -0.15) is 5.10 Å². The molecule has 3 N–H and O–H groups in total. The van der Waals surface area contributed by atoms with Crippen molar-refractivity contribution in [1.82, 2.24) is 15.5 Å². The van der Waals surface area contributed by atoms with Crippen LogP contribution in [0.15, 0.2) is 24.5 Å². The Labute approximate surface area is 108 Å². The molecule has 6 heteroatoms. The molecule has 0 atom stereocenters. The average Bonchev–Trinajstić information content (AvgIpc) is 3.04. The van der Waals surface area contributed by atoms with E-state index in [0.29, 0.717) is 11.4 Å². The van der Waals surface area contributed by atoms with Crippen LogP contribution in [0.25, 0.3) is 0 Å². The highest BCUT2D eigenvalue weighted by Crippen LogP contribution is 2.15. The van der Waals surface area contributed by atoms with E-state index in [0.717, 1.165) is 10.4 Å². The quantitative estimate of drug-likeness (QED) is 0.713. The molecule has 1 amide bonds. The lowest BCUT2D eigenvalue weighted by molar-refractivity contribution is 0.0955. The zero-order valence-corrected chi connectivity index (χ0v) is 10.3. The summed E-state index contributed by atoms with van der Waals surface area (Å²) in [5.41, 5.74) is 0.917. The third-order valence-corrected chi connectivity index (χ3v) is 3.13. The Morgan fingerprint density at radius 1 is 1.56 bits per heavy atom. The van der Waals surface area contributed by atoms with E-state index in [1.165, 1.54) is 11.3 Å². The number of nitrogens with one attached hydrogen (secondary N) is 2. The van der Waals surface area contributed by atoms with E-state index >= 15 is 0 Å². The van der Waals surface area contributed by atoms with Crippen molar-refractivity contribution in [1.29, 1.82) is 0 Å². The number of aromatic amines is 1. The van der Waals surface area contributed by atoms with Crippen molar-refractivity contribution in [2.75, 3.05) is 6.61 Å². The highest BCUT2D eigenvalue weighted by atomic mass is 32.1. The summed E-state index contributed by atoms with van der Waals surface area (Å²) in [6.45, 7) is 0.255. The fourth-order valence-electron chi connectivity index (χ4n) is 1.30. The molecule has 2 heterocycles. The van der Waals surface area contributed by atoms with E-state index < -0.39 is 0 Å². The molecule has 0 aromatic carbocycles. The third-order valence-electron chi connectivity index (χ3n) is 2.13. The maximum Gasteiger partial charge on any atom is 0.261 e. The van der Waals surface area contributed by atoms with Gasteiger partial charge in [-0.25, -0.2) is 0 Å². The number of amides is 1. The first-order chi connectivity index (χ1) is 8.79. The molecular weight excluding hydrogens is 250 g/mol. The molecule has 0 radical (unpaired) electrons. The third kappa shape index (κ3) is 3.20. The topological polar surface area (TPSA) is 78.0 Å². The lowest BCUT2D eigenvalue weighted by Crippen LogP contribution is -2.21. The Hall–Kier alpha value is -2.10. The summed E-state index contributed by atoms with van der Waals surface area (Å²) in [5, 5.41) is 17.8. The van der Waals surface area contributed by atoms with Gasteiger partial charge in [0.05, 0.1) is 16.0 Å². The summed E-state index contributed by atoms with van der Waals surface area (Å²) in [6.07, 6.45) is 3.39. The molecule has 0 saturated carbocycles. The second kappa shape index (κ2) is 6.00. The van der Waals surface area contributed by atoms with E-state index in [9.17, 15) is 4.79 Å². The van der Waals surface area contributed by atoms with Crippen molar-refractivity contribution >= 4 is 17.2 Å². The highest BCUT2D eigenvalue weighted by molar-refractivity contribution is 7.14. The summed E-state index contributed by atoms with van der Waals surface area (Å²) >= 11 is 1.30. The molecule has 0 aliphatic heterocycles. The predicted molar refractivity (Wildman–Crippen MR) is 68.0 cm³/mol. The molecule has 5 nitrogen and oxygen atoms in total. The summed E-state index contributed by atoms with van der Waals surface area (Å²) in [6, 6.07) is 3.48. The summed E-state index contributed by atoms with van der Waals surface area (Å²) in [4.78, 5) is 13.2. The van der Waals surface area contributed by atoms with Crippen LogP contribution in [0, 0.1) is 11.8 Å². The molecule has 18 heavy (non-hydrogen) atoms. The van der Waals surface area contributed by atoms with Crippen molar-refractivity contribution in [2.45, 2.75) is 6.54 Å². The number of nitrogens with zero attached hydrogens (tertiary/aromatic N) is 1. The number of rotatable bonds is 3. The second-order valence-electron chi connectivity index (χ2n) is 3.41. The largest absolute Gasteiger partial charge is 0.384 e. The van der Waals surface area contributed by atoms with Gasteiger partial charge >= 0.3 is 0 Å². The molecule has 0 spiro atoms. The Morgan fingerprint density at radius 3 is 3.17 bits per heavy atom. The van der Waals surface area contributed by atoms with Crippen LogP contribution >= 0.6 is 11.3 Å². The minimum Gasteiger partial charge on any atom is -0.384 e. The van der Waals surface area contributed by atoms with Crippen LogP contribution in [0.5, 0.6) is 0 Å². The predicted octanol–water partition coefficient (Wildman–Crippen LogP) is 0.745. The normalized spacial score (nSPS) is 9.61. The zero-order valence-electron chi connectivity index (χ0n) is 9.43. The number of carbonyl (C=O) groups excluding carboxylic acids is 1. The molecule has 0 aliphatic carbocycles. The molecular formula is C12H11N3O2S. The maximum absolute atomic E-state index is 11.8. The first-order valence-electron chi connectivity index (χ1n) is 5.25. The number of aliphatic hydroxyl groups excluding tert-OH is 1. The Morgan fingerprint density at radius 2 is 2.44 bits per heavy atom. The van der Waals surface area contributed by atoms with Gasteiger partial charge in [0, 0.05) is 18.3 Å². The van der Waals surface area contributed by atoms with Gasteiger partial charge in [0.15, 0.2) is 0 Å². The first kappa shape index (κ1) is 12.4. The highest BCUT2D eigenvalue weighted by Gasteiger charge is 2.08. The summed E-state index contributed by atoms with van der Waals surface area (Å²) in [5.74, 6) is 5.17. The standard InChI is InChI=1S/C12H11N3O2S/c16-5-1-2-10-3-4-11(18-10)12(17)13-6-9-7-14-15-8-9/h3-4,7-8,16H,5-6H2,(H,13,17)(H,14,15). The molecule has 0 aliphatic rings. The van der Waals surface area contributed by atoms with Crippen LogP contribution in [0.4, 0.5) is 0 Å². The van der Waals surface area contributed by atoms with E-state index in [1.807, 2.05) is 0 Å². The lowest BCUT2D eigenvalue weighted by Gasteiger charge is -1.99. The molecule has 2 rings (SSSR count). The Kier molecular flexibility index (Phi) is 4.12. The number of thiophene rings is 1. The molecule has 0 bridgehead atoms. The number of hydrogen-bond donors (Lipinski definition) is 3. The van der Waals surface area contributed by atoms with Crippen molar-refractivity contribution < 1.29 is 9.90 Å². The van der Waals surface area contributed by atoms with Crippen LogP contribution in [0.1, 0.15) is 20.1 Å². The molecule has 0 saturated heterocycles. The van der Waals surface area contributed by atoms with E-state index in [1.54, 1.807) is 24.5 Å². The number of aromatic nitrogens is 2. The van der Waals surface area contributed by atoms with Gasteiger partial charge in [0.2, 0.25) is 0 Å². The van der Waals surface area contributed by atoms with Crippen molar-refractivity contribution in [2.24, 2.45) is 0 Å². The maximum atomic E-state index is 11.8. The number of carbonyl (C=O) groups is 1. The van der Waals surface area contributed by atoms with Crippen molar-refractivity contribution in [3.8, 4) is 11.8 Å². The molecule has 92 valence electrons. The van der Waals surface area contributed by atoms with Crippen LogP contribution in [-0.4, -0.2) is 27.8 Å². The summed E-state index contributed by atoms with van der Waals surface area (Å²) in [7, 11) is 0. The van der Waals surface area contributed by atoms with Crippen LogP contribution < -0.4 is 5.32 Å². The van der Waals surface area contributed by atoms with E-state index in [-0.39, 0.29) is 12.5 Å². The molecule has 0 unspecified atom stereocenters. The van der Waals surface area contributed by atoms with Gasteiger partial charge < -0.3 is 10.4 Å². The second-order valence-corrected chi connectivity index (χ2v) is 4.50. The molecule has 0 fully saturated rings. The number of hydrogen-bond acceptors (Lipinski definition) is 4. The summed E-state index contributed by atoms with van der Waals surface area (Å²) < 4.78 is 0. The number of H-pyrrole nitrogens is 1. The Bertz CT molecular complexity index is 578. The van der Waals surface area contributed by atoms with E-state index in [2.05, 4.69) is 27.4 Å².